The van der Waals surface area contributed by atoms with Crippen molar-refractivity contribution in [3.63, 3.8) is 0 Å². The van der Waals surface area contributed by atoms with Crippen LogP contribution in [-0.2, 0) is 6.18 Å². The molecule has 0 atom stereocenters. The number of hydrogen-bond donors (Lipinski definition) is 2. The molecule has 0 radical (unpaired) electrons. The smallest absolute Gasteiger partial charge is 0.416 e. The van der Waals surface area contributed by atoms with E-state index >= 15 is 0 Å². The second-order valence-electron chi connectivity index (χ2n) is 5.72. The van der Waals surface area contributed by atoms with Crippen molar-refractivity contribution in [2.45, 2.75) is 13.1 Å². The molecule has 0 aliphatic carbocycles. The molecule has 10 heteroatoms. The van der Waals surface area contributed by atoms with Crippen LogP contribution in [-0.4, -0.2) is 31.7 Å². The standard InChI is InChI=1S/C10H7F3N2.C9H7IO4/c11-10(12,13)8-1-3-9(4-2-8)15-6-5-14-7-15;1-4-5(8(11)12)2-3-6(10)7(4)9(13)14/h1-7H;2-3H,1H3,(H,11,12)(H,13,14). The van der Waals surface area contributed by atoms with Crippen molar-refractivity contribution >= 4 is 34.5 Å². The van der Waals surface area contributed by atoms with Crippen molar-refractivity contribution in [3.8, 4) is 5.69 Å². The molecule has 6 nitrogen and oxygen atoms in total. The first-order chi connectivity index (χ1) is 13.5. The second-order valence-corrected chi connectivity index (χ2v) is 6.88. The normalized spacial score (nSPS) is 10.8. The zero-order valence-corrected chi connectivity index (χ0v) is 17.0. The summed E-state index contributed by atoms with van der Waals surface area (Å²) in [7, 11) is 0. The van der Waals surface area contributed by atoms with E-state index in [1.807, 2.05) is 22.6 Å². The van der Waals surface area contributed by atoms with E-state index in [9.17, 15) is 22.8 Å². The number of carbonyl (C=O) groups is 2. The Morgan fingerprint density at radius 3 is 2.10 bits per heavy atom. The molecule has 0 aliphatic heterocycles. The average molecular weight is 518 g/mol. The van der Waals surface area contributed by atoms with Crippen molar-refractivity contribution in [3.05, 3.63) is 80.9 Å². The van der Waals surface area contributed by atoms with Crippen molar-refractivity contribution in [2.75, 3.05) is 0 Å². The molecule has 0 bridgehead atoms. The SMILES string of the molecule is Cc1c(C(=O)O)ccc(I)c1C(=O)O.FC(F)(F)c1ccc(-n2ccnc2)cc1. The van der Waals surface area contributed by atoms with Crippen LogP contribution >= 0.6 is 22.6 Å². The van der Waals surface area contributed by atoms with Gasteiger partial charge in [0.2, 0.25) is 0 Å². The Hall–Kier alpha value is -2.89. The van der Waals surface area contributed by atoms with Crippen LogP contribution in [0, 0.1) is 10.5 Å². The summed E-state index contributed by atoms with van der Waals surface area (Å²) in [5.74, 6) is -2.21. The quantitative estimate of drug-likeness (QED) is 0.482. The van der Waals surface area contributed by atoms with Gasteiger partial charge in [-0.2, -0.15) is 13.2 Å². The lowest BCUT2D eigenvalue weighted by Crippen LogP contribution is -2.09. The summed E-state index contributed by atoms with van der Waals surface area (Å²) in [5.41, 5.74) is 0.386. The van der Waals surface area contributed by atoms with Gasteiger partial charge in [0.05, 0.1) is 23.0 Å². The maximum Gasteiger partial charge on any atom is 0.416 e. The van der Waals surface area contributed by atoms with Gasteiger partial charge in [-0.05, 0) is 71.5 Å². The Balaban J connectivity index is 0.000000208. The third-order valence-corrected chi connectivity index (χ3v) is 4.75. The molecular formula is C19H14F3IN2O4. The number of aromatic nitrogens is 2. The third kappa shape index (κ3) is 5.56. The van der Waals surface area contributed by atoms with Gasteiger partial charge in [0.25, 0.3) is 0 Å². The van der Waals surface area contributed by atoms with E-state index in [1.165, 1.54) is 37.5 Å². The Bertz CT molecular complexity index is 1020. The molecule has 0 spiro atoms. The molecule has 0 amide bonds. The first-order valence-corrected chi connectivity index (χ1v) is 9.01. The van der Waals surface area contributed by atoms with Crippen LogP contribution in [0.25, 0.3) is 5.69 Å². The van der Waals surface area contributed by atoms with Crippen LogP contribution < -0.4 is 0 Å². The number of benzene rings is 2. The van der Waals surface area contributed by atoms with E-state index in [4.69, 9.17) is 10.2 Å². The number of alkyl halides is 3. The Labute approximate surface area is 176 Å². The molecular weight excluding hydrogens is 504 g/mol. The first kappa shape index (κ1) is 22.4. The summed E-state index contributed by atoms with van der Waals surface area (Å²) in [4.78, 5) is 25.3. The van der Waals surface area contributed by atoms with Crippen LogP contribution in [0.2, 0.25) is 0 Å². The fourth-order valence-corrected chi connectivity index (χ4v) is 3.22. The number of rotatable bonds is 3. The molecule has 0 saturated carbocycles. The maximum absolute atomic E-state index is 12.2. The highest BCUT2D eigenvalue weighted by molar-refractivity contribution is 14.1. The van der Waals surface area contributed by atoms with E-state index in [1.54, 1.807) is 17.0 Å². The molecule has 3 rings (SSSR count). The largest absolute Gasteiger partial charge is 0.478 e. The molecule has 2 aromatic carbocycles. The summed E-state index contributed by atoms with van der Waals surface area (Å²) in [6.45, 7) is 1.50. The highest BCUT2D eigenvalue weighted by Gasteiger charge is 2.29. The molecule has 152 valence electrons. The fraction of sp³-hybridized carbons (Fsp3) is 0.105. The van der Waals surface area contributed by atoms with Crippen LogP contribution in [0.15, 0.2) is 55.1 Å². The van der Waals surface area contributed by atoms with Gasteiger partial charge < -0.3 is 14.8 Å². The molecule has 29 heavy (non-hydrogen) atoms. The molecule has 0 aliphatic rings. The number of imidazole rings is 1. The summed E-state index contributed by atoms with van der Waals surface area (Å²) < 4.78 is 38.9. The predicted molar refractivity (Wildman–Crippen MR) is 106 cm³/mol. The molecule has 1 heterocycles. The van der Waals surface area contributed by atoms with Crippen molar-refractivity contribution in [1.29, 1.82) is 0 Å². The molecule has 1 aromatic heterocycles. The molecule has 0 saturated heterocycles. The number of carboxylic acids is 2. The van der Waals surface area contributed by atoms with Gasteiger partial charge in [-0.3, -0.25) is 0 Å². The minimum absolute atomic E-state index is 0.0304. The predicted octanol–water partition coefficient (Wildman–Crippen LogP) is 4.89. The van der Waals surface area contributed by atoms with E-state index in [0.29, 0.717) is 9.26 Å². The third-order valence-electron chi connectivity index (χ3n) is 3.86. The minimum atomic E-state index is -4.28. The van der Waals surface area contributed by atoms with E-state index in [-0.39, 0.29) is 16.7 Å². The average Bonchev–Trinajstić information content (AvgIpc) is 3.16. The number of aromatic carboxylic acids is 2. The first-order valence-electron chi connectivity index (χ1n) is 7.93. The molecule has 0 unspecified atom stereocenters. The second kappa shape index (κ2) is 9.07. The number of carboxylic acid groups (broad SMARTS) is 2. The molecule has 0 fully saturated rings. The summed E-state index contributed by atoms with van der Waals surface area (Å²) in [6.07, 6.45) is 0.482. The van der Waals surface area contributed by atoms with E-state index in [2.05, 4.69) is 4.98 Å². The number of nitrogens with zero attached hydrogens (tertiary/aromatic N) is 2. The van der Waals surface area contributed by atoms with Crippen LogP contribution in [0.5, 0.6) is 0 Å². The maximum atomic E-state index is 12.2. The summed E-state index contributed by atoms with van der Waals surface area (Å²) in [6, 6.07) is 7.81. The van der Waals surface area contributed by atoms with Crippen molar-refractivity contribution < 1.29 is 33.0 Å². The van der Waals surface area contributed by atoms with Gasteiger partial charge in [0.1, 0.15) is 0 Å². The molecule has 2 N–H and O–H groups in total. The monoisotopic (exact) mass is 518 g/mol. The Morgan fingerprint density at radius 1 is 1.03 bits per heavy atom. The van der Waals surface area contributed by atoms with Crippen molar-refractivity contribution in [2.24, 2.45) is 0 Å². The van der Waals surface area contributed by atoms with Crippen LogP contribution in [0.1, 0.15) is 31.8 Å². The topological polar surface area (TPSA) is 92.4 Å². The van der Waals surface area contributed by atoms with Gasteiger partial charge >= 0.3 is 18.1 Å². The van der Waals surface area contributed by atoms with Crippen LogP contribution in [0.4, 0.5) is 13.2 Å². The summed E-state index contributed by atoms with van der Waals surface area (Å²) >= 11 is 1.87. The fourth-order valence-electron chi connectivity index (χ4n) is 2.41. The van der Waals surface area contributed by atoms with Gasteiger partial charge in [0, 0.05) is 21.7 Å². The summed E-state index contributed by atoms with van der Waals surface area (Å²) in [5, 5.41) is 17.6. The Kier molecular flexibility index (Phi) is 7.01. The van der Waals surface area contributed by atoms with Gasteiger partial charge in [-0.1, -0.05) is 0 Å². The highest BCUT2D eigenvalue weighted by atomic mass is 127. The van der Waals surface area contributed by atoms with Gasteiger partial charge in [0.15, 0.2) is 0 Å². The van der Waals surface area contributed by atoms with Gasteiger partial charge in [-0.25, -0.2) is 14.6 Å². The number of hydrogen-bond acceptors (Lipinski definition) is 3. The zero-order chi connectivity index (χ0) is 21.8. The lowest BCUT2D eigenvalue weighted by atomic mass is 10.0. The molecule has 3 aromatic rings. The van der Waals surface area contributed by atoms with E-state index in [0.717, 1.165) is 12.1 Å². The van der Waals surface area contributed by atoms with Crippen LogP contribution in [0.3, 0.4) is 0 Å². The zero-order valence-electron chi connectivity index (χ0n) is 14.8. The highest BCUT2D eigenvalue weighted by Crippen LogP contribution is 2.29. The number of halogens is 4. The Morgan fingerprint density at radius 2 is 1.66 bits per heavy atom. The lowest BCUT2D eigenvalue weighted by Gasteiger charge is -2.07. The van der Waals surface area contributed by atoms with Gasteiger partial charge in [-0.15, -0.1) is 0 Å². The van der Waals surface area contributed by atoms with E-state index < -0.39 is 23.7 Å². The van der Waals surface area contributed by atoms with Crippen molar-refractivity contribution in [1.82, 2.24) is 9.55 Å². The minimum Gasteiger partial charge on any atom is -0.478 e. The lowest BCUT2D eigenvalue weighted by molar-refractivity contribution is -0.137.